The third-order valence-electron chi connectivity index (χ3n) is 4.78. The number of aryl methyl sites for hydroxylation is 1. The number of para-hydroxylation sites is 1. The molecule has 1 aromatic heterocycles. The van der Waals surface area contributed by atoms with Crippen molar-refractivity contribution < 1.29 is 0 Å². The number of nitrogens with one attached hydrogen (secondary N) is 1. The summed E-state index contributed by atoms with van der Waals surface area (Å²) in [5.41, 5.74) is 10.3. The van der Waals surface area contributed by atoms with Gasteiger partial charge in [-0.2, -0.15) is 0 Å². The summed E-state index contributed by atoms with van der Waals surface area (Å²) in [6.45, 7) is 7.74. The lowest BCUT2D eigenvalue weighted by atomic mass is 10.0. The van der Waals surface area contributed by atoms with Crippen LogP contribution in [-0.4, -0.2) is 11.5 Å². The summed E-state index contributed by atoms with van der Waals surface area (Å²) in [6.07, 6.45) is 1.14. The topological polar surface area (TPSA) is 41.8 Å². The average Bonchev–Trinajstić information content (AvgIpc) is 2.70. The van der Waals surface area contributed by atoms with Crippen LogP contribution in [0.15, 0.2) is 24.3 Å². The van der Waals surface area contributed by atoms with Gasteiger partial charge in [0.2, 0.25) is 0 Å². The smallest absolute Gasteiger partial charge is 0.0458 e. The lowest BCUT2D eigenvalue weighted by molar-refractivity contribution is 0.534. The zero-order valence-electron chi connectivity index (χ0n) is 11.5. The first kappa shape index (κ1) is 11.8. The van der Waals surface area contributed by atoms with Crippen LogP contribution < -0.4 is 5.73 Å². The fourth-order valence-electron chi connectivity index (χ4n) is 3.73. The molecule has 1 heterocycles. The van der Waals surface area contributed by atoms with Crippen LogP contribution in [0.5, 0.6) is 0 Å². The van der Waals surface area contributed by atoms with Gasteiger partial charge in [-0.1, -0.05) is 32.0 Å². The first-order chi connectivity index (χ1) is 8.57. The normalized spacial score (nSPS) is 25.6. The molecular formula is C16H22N2. The lowest BCUT2D eigenvalue weighted by Gasteiger charge is -2.03. The van der Waals surface area contributed by atoms with E-state index in [1.54, 1.807) is 0 Å². The van der Waals surface area contributed by atoms with Crippen LogP contribution >= 0.6 is 0 Å². The highest BCUT2D eigenvalue weighted by Gasteiger charge is 2.58. The van der Waals surface area contributed by atoms with Gasteiger partial charge in [0.05, 0.1) is 0 Å². The molecule has 2 heteroatoms. The summed E-state index contributed by atoms with van der Waals surface area (Å²) in [5.74, 6) is 1.40. The van der Waals surface area contributed by atoms with Gasteiger partial charge in [0.25, 0.3) is 0 Å². The predicted molar refractivity (Wildman–Crippen MR) is 76.7 cm³/mol. The quantitative estimate of drug-likeness (QED) is 0.849. The van der Waals surface area contributed by atoms with Gasteiger partial charge in [-0.3, -0.25) is 0 Å². The van der Waals surface area contributed by atoms with Gasteiger partial charge in [-0.05, 0) is 48.8 Å². The van der Waals surface area contributed by atoms with Crippen molar-refractivity contribution in [2.24, 2.45) is 17.1 Å². The van der Waals surface area contributed by atoms with Crippen molar-refractivity contribution in [1.29, 1.82) is 0 Å². The van der Waals surface area contributed by atoms with Gasteiger partial charge < -0.3 is 10.7 Å². The Balaban J connectivity index is 2.08. The Morgan fingerprint density at radius 1 is 1.28 bits per heavy atom. The van der Waals surface area contributed by atoms with Crippen LogP contribution in [0, 0.1) is 18.3 Å². The maximum Gasteiger partial charge on any atom is 0.0458 e. The Kier molecular flexibility index (Phi) is 2.53. The zero-order valence-corrected chi connectivity index (χ0v) is 11.5. The largest absolute Gasteiger partial charge is 0.358 e. The van der Waals surface area contributed by atoms with E-state index in [9.17, 15) is 0 Å². The molecule has 18 heavy (non-hydrogen) atoms. The van der Waals surface area contributed by atoms with Crippen molar-refractivity contribution in [3.8, 4) is 0 Å². The monoisotopic (exact) mass is 242 g/mol. The Labute approximate surface area is 109 Å². The highest BCUT2D eigenvalue weighted by molar-refractivity contribution is 5.85. The second-order valence-electron chi connectivity index (χ2n) is 6.19. The average molecular weight is 242 g/mol. The number of fused-ring (bicyclic) bond motifs is 1. The van der Waals surface area contributed by atoms with E-state index in [2.05, 4.69) is 50.0 Å². The van der Waals surface area contributed by atoms with Crippen molar-refractivity contribution >= 4 is 10.9 Å². The van der Waals surface area contributed by atoms with Crippen molar-refractivity contribution in [2.45, 2.75) is 33.1 Å². The Hall–Kier alpha value is -1.28. The summed E-state index contributed by atoms with van der Waals surface area (Å²) in [7, 11) is 0. The fourth-order valence-corrected chi connectivity index (χ4v) is 3.73. The van der Waals surface area contributed by atoms with Crippen molar-refractivity contribution in [2.75, 3.05) is 6.54 Å². The van der Waals surface area contributed by atoms with Gasteiger partial charge >= 0.3 is 0 Å². The second-order valence-corrected chi connectivity index (χ2v) is 6.19. The number of hydrogen-bond acceptors (Lipinski definition) is 1. The second kappa shape index (κ2) is 3.86. The number of aromatic nitrogens is 1. The lowest BCUT2D eigenvalue weighted by Crippen LogP contribution is -2.02. The molecule has 1 aliphatic carbocycles. The molecule has 2 atom stereocenters. The molecule has 0 radical (unpaired) electrons. The first-order valence-corrected chi connectivity index (χ1v) is 6.84. The molecule has 0 amide bonds. The van der Waals surface area contributed by atoms with Crippen LogP contribution in [0.25, 0.3) is 10.9 Å². The predicted octanol–water partition coefficient (Wildman–Crippen LogP) is 3.56. The third-order valence-corrected chi connectivity index (χ3v) is 4.78. The summed E-state index contributed by atoms with van der Waals surface area (Å²) in [6, 6.07) is 8.63. The summed E-state index contributed by atoms with van der Waals surface area (Å²) >= 11 is 0. The Morgan fingerprint density at radius 2 is 2.00 bits per heavy atom. The van der Waals surface area contributed by atoms with Crippen LogP contribution in [0.2, 0.25) is 0 Å². The number of hydrogen-bond donors (Lipinski definition) is 2. The zero-order chi connectivity index (χ0) is 12.9. The van der Waals surface area contributed by atoms with Gasteiger partial charge in [0, 0.05) is 16.6 Å². The molecule has 1 saturated carbocycles. The first-order valence-electron chi connectivity index (χ1n) is 6.84. The number of aromatic amines is 1. The minimum Gasteiger partial charge on any atom is -0.358 e. The van der Waals surface area contributed by atoms with Crippen LogP contribution in [0.1, 0.15) is 37.4 Å². The summed E-state index contributed by atoms with van der Waals surface area (Å²) in [5, 5.41) is 1.40. The number of nitrogens with two attached hydrogens (primary N) is 1. The molecule has 2 unspecified atom stereocenters. The maximum absolute atomic E-state index is 5.75. The minimum atomic E-state index is 0.398. The standard InChI is InChI=1S/C16H22N2/c1-10-14(11-6-4-5-7-13(11)18-10)15-12(8-9-17)16(15,2)3/h4-7,12,15,18H,8-9,17H2,1-3H3. The van der Waals surface area contributed by atoms with Crippen LogP contribution in [0.3, 0.4) is 0 Å². The van der Waals surface area contributed by atoms with E-state index < -0.39 is 0 Å². The molecular weight excluding hydrogens is 220 g/mol. The Bertz CT molecular complexity index is 580. The van der Waals surface area contributed by atoms with Crippen LogP contribution in [-0.2, 0) is 0 Å². The van der Waals surface area contributed by atoms with E-state index in [0.29, 0.717) is 11.3 Å². The van der Waals surface area contributed by atoms with Gasteiger partial charge in [-0.25, -0.2) is 0 Å². The highest BCUT2D eigenvalue weighted by atomic mass is 14.7. The Morgan fingerprint density at radius 3 is 2.72 bits per heavy atom. The molecule has 0 spiro atoms. The molecule has 3 N–H and O–H groups in total. The molecule has 1 aromatic carbocycles. The van der Waals surface area contributed by atoms with Crippen molar-refractivity contribution in [1.82, 2.24) is 4.98 Å². The summed E-state index contributed by atoms with van der Waals surface area (Å²) < 4.78 is 0. The summed E-state index contributed by atoms with van der Waals surface area (Å²) in [4.78, 5) is 3.52. The SMILES string of the molecule is Cc1[nH]c2ccccc2c1C1C(CCN)C1(C)C. The van der Waals surface area contributed by atoms with Crippen molar-refractivity contribution in [3.63, 3.8) is 0 Å². The molecule has 0 bridgehead atoms. The van der Waals surface area contributed by atoms with Crippen LogP contribution in [0.4, 0.5) is 0 Å². The highest BCUT2D eigenvalue weighted by Crippen LogP contribution is 2.67. The maximum atomic E-state index is 5.75. The van der Waals surface area contributed by atoms with E-state index in [4.69, 9.17) is 5.73 Å². The molecule has 1 aliphatic rings. The van der Waals surface area contributed by atoms with Gasteiger partial charge in [-0.15, -0.1) is 0 Å². The number of benzene rings is 1. The molecule has 0 saturated heterocycles. The number of H-pyrrole nitrogens is 1. The van der Waals surface area contributed by atoms with E-state index in [0.717, 1.165) is 18.9 Å². The van der Waals surface area contributed by atoms with E-state index in [1.807, 2.05) is 0 Å². The van der Waals surface area contributed by atoms with E-state index in [-0.39, 0.29) is 0 Å². The fraction of sp³-hybridized carbons (Fsp3) is 0.500. The minimum absolute atomic E-state index is 0.398. The van der Waals surface area contributed by atoms with Gasteiger partial charge in [0.1, 0.15) is 0 Å². The molecule has 2 nitrogen and oxygen atoms in total. The molecule has 3 rings (SSSR count). The molecule has 96 valence electrons. The third kappa shape index (κ3) is 1.52. The van der Waals surface area contributed by atoms with Gasteiger partial charge in [0.15, 0.2) is 0 Å². The van der Waals surface area contributed by atoms with Crippen molar-refractivity contribution in [3.05, 3.63) is 35.5 Å². The number of rotatable bonds is 3. The van der Waals surface area contributed by atoms with E-state index >= 15 is 0 Å². The molecule has 2 aromatic rings. The molecule has 1 fully saturated rings. The van der Waals surface area contributed by atoms with E-state index in [1.165, 1.54) is 22.2 Å². The molecule has 0 aliphatic heterocycles.